The Bertz CT molecular complexity index is 909. The second kappa shape index (κ2) is 8.27. The van der Waals surface area contributed by atoms with Crippen molar-refractivity contribution in [2.45, 2.75) is 45.6 Å². The number of alkyl halides is 3. The van der Waals surface area contributed by atoms with E-state index in [1.807, 2.05) is 26.0 Å². The van der Waals surface area contributed by atoms with Gasteiger partial charge in [0.25, 0.3) is 5.91 Å². The van der Waals surface area contributed by atoms with Gasteiger partial charge in [-0.25, -0.2) is 0 Å². The molecule has 7 heteroatoms. The van der Waals surface area contributed by atoms with Crippen molar-refractivity contribution < 1.29 is 22.8 Å². The van der Waals surface area contributed by atoms with Gasteiger partial charge in [0.15, 0.2) is 0 Å². The Kier molecular flexibility index (Phi) is 5.96. The second-order valence-corrected chi connectivity index (χ2v) is 7.65. The number of carbonyl (C=O) groups excluding carboxylic acids is 2. The lowest BCUT2D eigenvalue weighted by Crippen LogP contribution is -2.47. The molecule has 0 fully saturated rings. The lowest BCUT2D eigenvalue weighted by molar-refractivity contribution is -0.137. The number of rotatable bonds is 6. The smallest absolute Gasteiger partial charge is 0.350 e. The maximum absolute atomic E-state index is 12.9. The van der Waals surface area contributed by atoms with Crippen LogP contribution in [-0.2, 0) is 24.1 Å². The van der Waals surface area contributed by atoms with E-state index in [4.69, 9.17) is 0 Å². The van der Waals surface area contributed by atoms with Crippen LogP contribution >= 0.6 is 0 Å². The van der Waals surface area contributed by atoms with E-state index in [0.29, 0.717) is 24.1 Å². The lowest BCUT2D eigenvalue weighted by Gasteiger charge is -2.28. The predicted octanol–water partition coefficient (Wildman–Crippen LogP) is 4.39. The number of fused-ring (bicyclic) bond motifs is 1. The zero-order valence-electron chi connectivity index (χ0n) is 16.3. The first-order valence-corrected chi connectivity index (χ1v) is 9.49. The molecule has 0 saturated carbocycles. The van der Waals surface area contributed by atoms with Crippen LogP contribution in [-0.4, -0.2) is 22.8 Å². The normalized spacial score (nSPS) is 14.8. The van der Waals surface area contributed by atoms with E-state index in [1.54, 1.807) is 17.0 Å². The molecule has 0 bridgehead atoms. The summed E-state index contributed by atoms with van der Waals surface area (Å²) in [5, 5.41) is 2.71. The summed E-state index contributed by atoms with van der Waals surface area (Å²) in [5.41, 5.74) is 1.06. The number of hydrogen-bond donors (Lipinski definition) is 1. The molecule has 0 radical (unpaired) electrons. The molecule has 4 nitrogen and oxygen atoms in total. The fourth-order valence-electron chi connectivity index (χ4n) is 3.52. The van der Waals surface area contributed by atoms with Gasteiger partial charge in [-0.3, -0.25) is 9.59 Å². The Morgan fingerprint density at radius 1 is 1.14 bits per heavy atom. The topological polar surface area (TPSA) is 49.4 Å². The highest BCUT2D eigenvalue weighted by Gasteiger charge is 2.36. The zero-order valence-corrected chi connectivity index (χ0v) is 16.3. The first-order valence-electron chi connectivity index (χ1n) is 9.49. The Labute approximate surface area is 167 Å². The monoisotopic (exact) mass is 404 g/mol. The molecule has 2 amide bonds. The molecule has 0 spiro atoms. The Hall–Kier alpha value is -2.83. The van der Waals surface area contributed by atoms with Gasteiger partial charge >= 0.3 is 6.18 Å². The van der Waals surface area contributed by atoms with E-state index in [0.717, 1.165) is 17.7 Å². The first-order chi connectivity index (χ1) is 13.7. The fraction of sp³-hybridized carbons (Fsp3) is 0.364. The van der Waals surface area contributed by atoms with Crippen LogP contribution < -0.4 is 5.32 Å². The van der Waals surface area contributed by atoms with Gasteiger partial charge in [-0.05, 0) is 41.7 Å². The number of hydrogen-bond acceptors (Lipinski definition) is 2. The molecule has 1 heterocycles. The first kappa shape index (κ1) is 20.9. The average molecular weight is 404 g/mol. The minimum absolute atomic E-state index is 0.0354. The maximum atomic E-state index is 12.9. The van der Waals surface area contributed by atoms with Gasteiger partial charge in [-0.1, -0.05) is 44.2 Å². The molecule has 2 aromatic rings. The maximum Gasteiger partial charge on any atom is 0.416 e. The van der Waals surface area contributed by atoms with Gasteiger partial charge < -0.3 is 10.2 Å². The van der Waals surface area contributed by atoms with Gasteiger partial charge in [0, 0.05) is 18.7 Å². The van der Waals surface area contributed by atoms with Crippen molar-refractivity contribution in [2.75, 3.05) is 0 Å². The summed E-state index contributed by atoms with van der Waals surface area (Å²) >= 11 is 0. The number of carbonyl (C=O) groups is 2. The van der Waals surface area contributed by atoms with Crippen LogP contribution in [0.4, 0.5) is 13.2 Å². The van der Waals surface area contributed by atoms with Crippen LogP contribution in [0.25, 0.3) is 0 Å². The molecule has 0 aromatic heterocycles. The molecule has 154 valence electrons. The summed E-state index contributed by atoms with van der Waals surface area (Å²) in [6.45, 7) is 4.23. The number of nitrogens with zero attached hydrogens (tertiary/aromatic N) is 1. The summed E-state index contributed by atoms with van der Waals surface area (Å²) in [6.07, 6.45) is -3.97. The van der Waals surface area contributed by atoms with Crippen LogP contribution in [0.2, 0.25) is 0 Å². The van der Waals surface area contributed by atoms with Gasteiger partial charge in [0.1, 0.15) is 6.04 Å². The van der Waals surface area contributed by atoms with Crippen LogP contribution in [0, 0.1) is 5.92 Å². The molecular formula is C22H23F3N2O2. The van der Waals surface area contributed by atoms with Gasteiger partial charge in [-0.15, -0.1) is 0 Å². The van der Waals surface area contributed by atoms with Crippen LogP contribution in [0.15, 0.2) is 48.5 Å². The van der Waals surface area contributed by atoms with E-state index < -0.39 is 17.8 Å². The standard InChI is InChI=1S/C22H23F3N2O2/c1-14(2)10-19(27-13-16-7-3-4-9-18(16)21(27)29)20(28)26-12-15-6-5-8-17(11-15)22(23,24)25/h3-9,11,14,19H,10,12-13H2,1-2H3,(H,26,28)/t19-/m0/s1. The Morgan fingerprint density at radius 3 is 2.52 bits per heavy atom. The van der Waals surface area contributed by atoms with Gasteiger partial charge in [0.2, 0.25) is 5.91 Å². The summed E-state index contributed by atoms with van der Waals surface area (Å²) in [4.78, 5) is 27.2. The number of halogens is 3. The summed E-state index contributed by atoms with van der Waals surface area (Å²) < 4.78 is 38.7. The highest BCUT2D eigenvalue weighted by Crippen LogP contribution is 2.30. The Morgan fingerprint density at radius 2 is 1.86 bits per heavy atom. The Balaban J connectivity index is 1.73. The summed E-state index contributed by atoms with van der Waals surface area (Å²) in [6, 6.07) is 11.4. The van der Waals surface area contributed by atoms with Crippen molar-refractivity contribution in [3.05, 3.63) is 70.8 Å². The van der Waals surface area contributed by atoms with Gasteiger partial charge in [0.05, 0.1) is 5.56 Å². The zero-order chi connectivity index (χ0) is 21.2. The fourth-order valence-corrected chi connectivity index (χ4v) is 3.52. The summed E-state index contributed by atoms with van der Waals surface area (Å²) in [5.74, 6) is -0.395. The van der Waals surface area contributed by atoms with E-state index in [-0.39, 0.29) is 24.3 Å². The molecule has 3 rings (SSSR count). The van der Waals surface area contributed by atoms with E-state index >= 15 is 0 Å². The average Bonchev–Trinajstić information content (AvgIpc) is 3.00. The molecular weight excluding hydrogens is 381 g/mol. The molecule has 1 aliphatic rings. The quantitative estimate of drug-likeness (QED) is 0.776. The molecule has 2 aromatic carbocycles. The van der Waals surface area contributed by atoms with E-state index in [2.05, 4.69) is 5.32 Å². The molecule has 1 atom stereocenters. The molecule has 0 unspecified atom stereocenters. The van der Waals surface area contributed by atoms with Crippen molar-refractivity contribution in [2.24, 2.45) is 5.92 Å². The summed E-state index contributed by atoms with van der Waals surface area (Å²) in [7, 11) is 0. The SMILES string of the molecule is CC(C)C[C@@H](C(=O)NCc1cccc(C(F)(F)F)c1)N1Cc2ccccc2C1=O. The molecule has 1 aliphatic heterocycles. The molecule has 0 aliphatic carbocycles. The third-order valence-corrected chi connectivity index (χ3v) is 4.94. The number of nitrogens with one attached hydrogen (secondary N) is 1. The highest BCUT2D eigenvalue weighted by atomic mass is 19.4. The van der Waals surface area contributed by atoms with Crippen molar-refractivity contribution >= 4 is 11.8 Å². The van der Waals surface area contributed by atoms with E-state index in [1.165, 1.54) is 12.1 Å². The van der Waals surface area contributed by atoms with Crippen molar-refractivity contribution in [1.82, 2.24) is 10.2 Å². The number of amides is 2. The molecule has 29 heavy (non-hydrogen) atoms. The van der Waals surface area contributed by atoms with Crippen LogP contribution in [0.3, 0.4) is 0 Å². The molecule has 0 saturated heterocycles. The minimum Gasteiger partial charge on any atom is -0.350 e. The molecule has 1 N–H and O–H groups in total. The van der Waals surface area contributed by atoms with Crippen LogP contribution in [0.5, 0.6) is 0 Å². The largest absolute Gasteiger partial charge is 0.416 e. The number of benzene rings is 2. The van der Waals surface area contributed by atoms with Gasteiger partial charge in [-0.2, -0.15) is 13.2 Å². The van der Waals surface area contributed by atoms with Crippen molar-refractivity contribution in [3.8, 4) is 0 Å². The second-order valence-electron chi connectivity index (χ2n) is 7.65. The minimum atomic E-state index is -4.44. The third kappa shape index (κ3) is 4.78. The predicted molar refractivity (Wildman–Crippen MR) is 103 cm³/mol. The van der Waals surface area contributed by atoms with Crippen molar-refractivity contribution in [3.63, 3.8) is 0 Å². The van der Waals surface area contributed by atoms with Crippen LogP contribution in [0.1, 0.15) is 47.3 Å². The third-order valence-electron chi connectivity index (χ3n) is 4.94. The highest BCUT2D eigenvalue weighted by molar-refractivity contribution is 6.01. The lowest BCUT2D eigenvalue weighted by atomic mass is 10.0. The van der Waals surface area contributed by atoms with Crippen molar-refractivity contribution in [1.29, 1.82) is 0 Å². The van der Waals surface area contributed by atoms with E-state index in [9.17, 15) is 22.8 Å².